The number of allylic oxidation sites excluding steroid dienone is 1. The molecule has 6 nitrogen and oxygen atoms in total. The zero-order valence-corrected chi connectivity index (χ0v) is 20.0. The number of benzene rings is 2. The second-order valence-electron chi connectivity index (χ2n) is 8.95. The number of nitriles is 1. The SMILES string of the molecule is C/C(=C\c1ccc(C(F)(F)F)cc1)c1ccc2nccc(C(=O)NCC(=O)N3CC(F)(F)C[C@H]3C#N)c2c1. The number of likely N-dealkylation sites (tertiary alicyclic amines) is 1. The highest BCUT2D eigenvalue weighted by Crippen LogP contribution is 2.32. The van der Waals surface area contributed by atoms with E-state index >= 15 is 0 Å². The Bertz CT molecular complexity index is 1460. The Morgan fingerprint density at radius 3 is 2.55 bits per heavy atom. The number of hydrogen-bond acceptors (Lipinski definition) is 4. The quantitative estimate of drug-likeness (QED) is 0.360. The molecular weight excluding hydrogens is 507 g/mol. The summed E-state index contributed by atoms with van der Waals surface area (Å²) in [6, 6.07) is 11.7. The number of amides is 2. The van der Waals surface area contributed by atoms with Gasteiger partial charge in [-0.05, 0) is 54.0 Å². The van der Waals surface area contributed by atoms with Crippen molar-refractivity contribution in [2.75, 3.05) is 13.1 Å². The van der Waals surface area contributed by atoms with Crippen LogP contribution in [-0.2, 0) is 11.0 Å². The minimum Gasteiger partial charge on any atom is -0.343 e. The fourth-order valence-electron chi connectivity index (χ4n) is 4.24. The van der Waals surface area contributed by atoms with Crippen molar-refractivity contribution in [3.63, 3.8) is 0 Å². The molecule has 0 bridgehead atoms. The Hall–Kier alpha value is -4.33. The average Bonchev–Trinajstić information content (AvgIpc) is 3.20. The van der Waals surface area contributed by atoms with E-state index in [1.54, 1.807) is 37.3 Å². The maximum Gasteiger partial charge on any atom is 0.416 e. The molecule has 4 rings (SSSR count). The Morgan fingerprint density at radius 1 is 1.18 bits per heavy atom. The number of nitrogens with zero attached hydrogens (tertiary/aromatic N) is 3. The van der Waals surface area contributed by atoms with Crippen molar-refractivity contribution >= 4 is 34.4 Å². The minimum absolute atomic E-state index is 0.190. The third-order valence-electron chi connectivity index (χ3n) is 6.20. The second-order valence-corrected chi connectivity index (χ2v) is 8.95. The van der Waals surface area contributed by atoms with E-state index in [1.165, 1.54) is 24.4 Å². The molecule has 38 heavy (non-hydrogen) atoms. The minimum atomic E-state index is -4.43. The highest BCUT2D eigenvalue weighted by Gasteiger charge is 2.47. The average molecular weight is 528 g/mol. The van der Waals surface area contributed by atoms with Gasteiger partial charge in [-0.1, -0.05) is 24.3 Å². The van der Waals surface area contributed by atoms with Crippen LogP contribution in [0.1, 0.15) is 40.4 Å². The van der Waals surface area contributed by atoms with E-state index in [-0.39, 0.29) is 5.56 Å². The van der Waals surface area contributed by atoms with Gasteiger partial charge in [0.1, 0.15) is 6.04 Å². The molecule has 1 N–H and O–H groups in total. The van der Waals surface area contributed by atoms with Gasteiger partial charge in [-0.3, -0.25) is 14.6 Å². The molecule has 196 valence electrons. The van der Waals surface area contributed by atoms with Gasteiger partial charge in [0.2, 0.25) is 5.91 Å². The molecule has 0 spiro atoms. The van der Waals surface area contributed by atoms with Crippen LogP contribution in [0, 0.1) is 11.3 Å². The molecule has 1 fully saturated rings. The monoisotopic (exact) mass is 528 g/mol. The molecule has 0 aliphatic carbocycles. The molecule has 1 aromatic heterocycles. The number of halogens is 5. The lowest BCUT2D eigenvalue weighted by molar-refractivity contribution is -0.137. The molecule has 2 amide bonds. The molecule has 0 unspecified atom stereocenters. The first kappa shape index (κ1) is 26.7. The number of rotatable bonds is 5. The van der Waals surface area contributed by atoms with Gasteiger partial charge >= 0.3 is 6.18 Å². The fourth-order valence-corrected chi connectivity index (χ4v) is 4.24. The lowest BCUT2D eigenvalue weighted by Crippen LogP contribution is -2.43. The highest BCUT2D eigenvalue weighted by molar-refractivity contribution is 6.07. The van der Waals surface area contributed by atoms with Crippen molar-refractivity contribution in [1.29, 1.82) is 5.26 Å². The Balaban J connectivity index is 1.53. The van der Waals surface area contributed by atoms with E-state index in [2.05, 4.69) is 10.3 Å². The third kappa shape index (κ3) is 5.80. The zero-order chi connectivity index (χ0) is 27.7. The topological polar surface area (TPSA) is 86.1 Å². The molecule has 1 atom stereocenters. The number of fused-ring (bicyclic) bond motifs is 1. The Kier molecular flexibility index (Phi) is 7.18. The molecular formula is C27H21F5N4O2. The molecule has 3 aromatic rings. The molecule has 0 radical (unpaired) electrons. The van der Waals surface area contributed by atoms with Gasteiger partial charge in [0.25, 0.3) is 11.8 Å². The zero-order valence-electron chi connectivity index (χ0n) is 20.0. The summed E-state index contributed by atoms with van der Waals surface area (Å²) in [5.41, 5.74) is 1.89. The Morgan fingerprint density at radius 2 is 1.89 bits per heavy atom. The van der Waals surface area contributed by atoms with E-state index in [0.29, 0.717) is 22.0 Å². The van der Waals surface area contributed by atoms with Gasteiger partial charge in [0.05, 0.1) is 35.8 Å². The van der Waals surface area contributed by atoms with Crippen molar-refractivity contribution in [3.8, 4) is 6.07 Å². The number of carbonyl (C=O) groups excluding carboxylic acids is 2. The van der Waals surface area contributed by atoms with Crippen LogP contribution in [0.4, 0.5) is 22.0 Å². The summed E-state index contributed by atoms with van der Waals surface area (Å²) in [6.45, 7) is 0.320. The summed E-state index contributed by atoms with van der Waals surface area (Å²) in [5, 5.41) is 12.0. The summed E-state index contributed by atoms with van der Waals surface area (Å²) < 4.78 is 65.8. The first-order valence-electron chi connectivity index (χ1n) is 11.5. The van der Waals surface area contributed by atoms with E-state index < -0.39 is 55.0 Å². The summed E-state index contributed by atoms with van der Waals surface area (Å²) in [6.07, 6.45) is -2.06. The van der Waals surface area contributed by atoms with E-state index in [1.807, 2.05) is 0 Å². The lowest BCUT2D eigenvalue weighted by atomic mass is 9.99. The first-order chi connectivity index (χ1) is 17.9. The molecule has 11 heteroatoms. The van der Waals surface area contributed by atoms with Gasteiger partial charge in [0.15, 0.2) is 0 Å². The van der Waals surface area contributed by atoms with E-state index in [9.17, 15) is 31.5 Å². The third-order valence-corrected chi connectivity index (χ3v) is 6.20. The van der Waals surface area contributed by atoms with Crippen molar-refractivity contribution in [2.24, 2.45) is 0 Å². The number of aromatic nitrogens is 1. The van der Waals surface area contributed by atoms with Gasteiger partial charge in [-0.25, -0.2) is 8.78 Å². The normalized spacial score (nSPS) is 17.3. The summed E-state index contributed by atoms with van der Waals surface area (Å²) >= 11 is 0. The van der Waals surface area contributed by atoms with Crippen molar-refractivity contribution in [2.45, 2.75) is 31.5 Å². The lowest BCUT2D eigenvalue weighted by Gasteiger charge is -2.19. The van der Waals surface area contributed by atoms with E-state index in [4.69, 9.17) is 5.26 Å². The van der Waals surface area contributed by atoms with Crippen LogP contribution < -0.4 is 5.32 Å². The van der Waals surface area contributed by atoms with E-state index in [0.717, 1.165) is 22.6 Å². The number of alkyl halides is 5. The largest absolute Gasteiger partial charge is 0.416 e. The smallest absolute Gasteiger partial charge is 0.343 e. The van der Waals surface area contributed by atoms with Gasteiger partial charge in [0, 0.05) is 18.0 Å². The Labute approximate surface area is 214 Å². The molecule has 1 saturated heterocycles. The van der Waals surface area contributed by atoms with Gasteiger partial charge in [-0.15, -0.1) is 0 Å². The van der Waals surface area contributed by atoms with Crippen LogP contribution in [0.2, 0.25) is 0 Å². The second kappa shape index (κ2) is 10.2. The number of nitrogens with one attached hydrogen (secondary N) is 1. The van der Waals surface area contributed by atoms with Crippen LogP contribution in [0.15, 0.2) is 54.7 Å². The number of pyridine rings is 1. The standard InChI is InChI=1S/C27H21F5N4O2/c1-16(10-17-2-5-19(6-3-17)27(30,31)32)18-4-7-23-22(11-18)21(8-9-34-23)25(38)35-14-24(37)36-15-26(28,29)12-20(36)13-33/h2-11,20H,12,14-15H2,1H3,(H,35,38)/b16-10+/t20-/m0/s1. The summed E-state index contributed by atoms with van der Waals surface area (Å²) in [7, 11) is 0. The van der Waals surface area contributed by atoms with Crippen LogP contribution >= 0.6 is 0 Å². The predicted octanol–water partition coefficient (Wildman–Crippen LogP) is 5.30. The summed E-state index contributed by atoms with van der Waals surface area (Å²) in [4.78, 5) is 30.3. The maximum atomic E-state index is 13.6. The highest BCUT2D eigenvalue weighted by atomic mass is 19.4. The fraction of sp³-hybridized carbons (Fsp3) is 0.259. The maximum absolute atomic E-state index is 13.6. The predicted molar refractivity (Wildman–Crippen MR) is 130 cm³/mol. The molecule has 1 aliphatic rings. The van der Waals surface area contributed by atoms with Crippen molar-refractivity contribution < 1.29 is 31.5 Å². The van der Waals surface area contributed by atoms with Gasteiger partial charge < -0.3 is 10.2 Å². The number of hydrogen-bond donors (Lipinski definition) is 1. The molecule has 1 aliphatic heterocycles. The molecule has 2 heterocycles. The van der Waals surface area contributed by atoms with Crippen LogP contribution in [0.25, 0.3) is 22.6 Å². The first-order valence-corrected chi connectivity index (χ1v) is 11.5. The van der Waals surface area contributed by atoms with Crippen LogP contribution in [0.3, 0.4) is 0 Å². The van der Waals surface area contributed by atoms with Crippen LogP contribution in [-0.4, -0.2) is 46.8 Å². The number of carbonyl (C=O) groups is 2. The van der Waals surface area contributed by atoms with Crippen molar-refractivity contribution in [1.82, 2.24) is 15.2 Å². The van der Waals surface area contributed by atoms with Crippen LogP contribution in [0.5, 0.6) is 0 Å². The summed E-state index contributed by atoms with van der Waals surface area (Å²) in [5.74, 6) is -4.59. The van der Waals surface area contributed by atoms with Gasteiger partial charge in [-0.2, -0.15) is 18.4 Å². The van der Waals surface area contributed by atoms with Crippen molar-refractivity contribution in [3.05, 3.63) is 77.0 Å². The molecule has 2 aromatic carbocycles. The molecule has 0 saturated carbocycles.